The first-order chi connectivity index (χ1) is 24.4. The van der Waals surface area contributed by atoms with Crippen LogP contribution in [0.15, 0.2) is 66.9 Å². The van der Waals surface area contributed by atoms with E-state index in [2.05, 4.69) is 47.9 Å². The van der Waals surface area contributed by atoms with Crippen LogP contribution < -0.4 is 21.1 Å². The van der Waals surface area contributed by atoms with Gasteiger partial charge in [0.2, 0.25) is 5.91 Å². The molecule has 13 heteroatoms. The second-order valence-electron chi connectivity index (χ2n) is 14.3. The summed E-state index contributed by atoms with van der Waals surface area (Å²) in [4.78, 5) is 17.9. The predicted molar refractivity (Wildman–Crippen MR) is 195 cm³/mol. The predicted octanol–water partition coefficient (Wildman–Crippen LogP) is 6.81. The van der Waals surface area contributed by atoms with Crippen molar-refractivity contribution < 1.29 is 22.7 Å². The number of rotatable bonds is 11. The molecule has 2 atom stereocenters. The van der Waals surface area contributed by atoms with Gasteiger partial charge < -0.3 is 25.7 Å². The molecule has 1 aromatic heterocycles. The van der Waals surface area contributed by atoms with Crippen LogP contribution in [-0.2, 0) is 24.4 Å². The van der Waals surface area contributed by atoms with Crippen molar-refractivity contribution in [2.24, 2.45) is 11.7 Å². The van der Waals surface area contributed by atoms with E-state index >= 15 is 0 Å². The lowest BCUT2D eigenvalue weighted by molar-refractivity contribution is -0.274. The van der Waals surface area contributed by atoms with Crippen LogP contribution in [0.1, 0.15) is 36.8 Å². The lowest BCUT2D eigenvalue weighted by Gasteiger charge is -2.33. The molecule has 3 aliphatic rings. The zero-order valence-corrected chi connectivity index (χ0v) is 29.8. The topological polar surface area (TPSA) is 87.8 Å². The minimum Gasteiger partial charge on any atom is -0.406 e. The maximum Gasteiger partial charge on any atom is 0.573 e. The van der Waals surface area contributed by atoms with Gasteiger partial charge in [0.1, 0.15) is 5.75 Å². The van der Waals surface area contributed by atoms with Gasteiger partial charge in [0.05, 0.1) is 5.54 Å². The van der Waals surface area contributed by atoms with Crippen molar-refractivity contribution in [1.29, 1.82) is 0 Å². The third-order valence-corrected chi connectivity index (χ3v) is 11.3. The monoisotopic (exact) mass is 742 g/mol. The number of amides is 1. The fraction of sp³-hybridized carbons (Fsp3) is 0.447. The van der Waals surface area contributed by atoms with Crippen molar-refractivity contribution in [3.63, 3.8) is 0 Å². The van der Waals surface area contributed by atoms with Crippen LogP contribution in [-0.4, -0.2) is 77.5 Å². The lowest BCUT2D eigenvalue weighted by Crippen LogP contribution is -2.59. The molecule has 2 unspecified atom stereocenters. The van der Waals surface area contributed by atoms with Gasteiger partial charge in [-0.2, -0.15) is 0 Å². The fourth-order valence-corrected chi connectivity index (χ4v) is 8.55. The van der Waals surface area contributed by atoms with Crippen LogP contribution in [0, 0.1) is 5.92 Å². The first-order valence-electron chi connectivity index (χ1n) is 17.6. The van der Waals surface area contributed by atoms with Crippen molar-refractivity contribution in [3.05, 3.63) is 88.0 Å². The summed E-state index contributed by atoms with van der Waals surface area (Å²) in [6.45, 7) is 7.05. The van der Waals surface area contributed by atoms with Crippen LogP contribution in [0.4, 0.5) is 13.2 Å². The van der Waals surface area contributed by atoms with E-state index in [-0.39, 0.29) is 11.7 Å². The molecule has 51 heavy (non-hydrogen) atoms. The average Bonchev–Trinajstić information content (AvgIpc) is 3.59. The number of piperidine rings is 2. The highest BCUT2D eigenvalue weighted by atomic mass is 35.5. The van der Waals surface area contributed by atoms with Crippen LogP contribution in [0.3, 0.4) is 0 Å². The number of nitrogens with one attached hydrogen (secondary N) is 2. The Labute approximate surface area is 306 Å². The van der Waals surface area contributed by atoms with Crippen molar-refractivity contribution in [2.45, 2.75) is 63.3 Å². The Bertz CT molecular complexity index is 1840. The fourth-order valence-electron chi connectivity index (χ4n) is 8.04. The Kier molecular flexibility index (Phi) is 10.6. The maximum atomic E-state index is 12.9. The summed E-state index contributed by atoms with van der Waals surface area (Å²) in [6.07, 6.45) is 0.346. The quantitative estimate of drug-likeness (QED) is 0.147. The number of carbonyl (C=O) groups excluding carboxylic acids is 1. The van der Waals surface area contributed by atoms with Gasteiger partial charge in [-0.15, -0.1) is 13.2 Å². The number of halogens is 5. The van der Waals surface area contributed by atoms with Gasteiger partial charge >= 0.3 is 6.36 Å². The molecular formula is C38H43Cl2F3N6O2. The molecule has 8 nitrogen and oxygen atoms in total. The van der Waals surface area contributed by atoms with Gasteiger partial charge in [-0.25, -0.2) is 0 Å². The molecule has 4 heterocycles. The highest BCUT2D eigenvalue weighted by molar-refractivity contribution is 6.36. The zero-order valence-electron chi connectivity index (χ0n) is 28.3. The van der Waals surface area contributed by atoms with Crippen LogP contribution in [0.2, 0.25) is 10.0 Å². The summed E-state index contributed by atoms with van der Waals surface area (Å²) < 4.78 is 44.9. The largest absolute Gasteiger partial charge is 0.573 e. The molecule has 3 aliphatic heterocycles. The van der Waals surface area contributed by atoms with Crippen molar-refractivity contribution >= 4 is 40.0 Å². The third kappa shape index (κ3) is 8.34. The average molecular weight is 744 g/mol. The zero-order chi connectivity index (χ0) is 35.8. The first kappa shape index (κ1) is 36.1. The van der Waals surface area contributed by atoms with Gasteiger partial charge in [-0.1, -0.05) is 47.5 Å². The van der Waals surface area contributed by atoms with Gasteiger partial charge in [-0.3, -0.25) is 14.6 Å². The highest BCUT2D eigenvalue weighted by Crippen LogP contribution is 2.37. The van der Waals surface area contributed by atoms with E-state index in [0.717, 1.165) is 79.8 Å². The third-order valence-electron chi connectivity index (χ3n) is 10.6. The Hall–Kier alpha value is -3.32. The number of alkyl halides is 3. The van der Waals surface area contributed by atoms with Crippen LogP contribution in [0.5, 0.6) is 5.75 Å². The molecule has 3 aromatic carbocycles. The summed E-state index contributed by atoms with van der Waals surface area (Å²) in [7, 11) is 0. The lowest BCUT2D eigenvalue weighted by atomic mass is 9.88. The number of hydrogen-bond donors (Lipinski definition) is 3. The SMILES string of the molecule is NC1(C(=O)NCCCn2cc(-c3ccc(OC(F)(F)F)cc3)c3cc(CN4CC5CC(C4)N(Cc4c(Cl)cccc4Cl)C5)ccc32)CCNCC1. The molecule has 0 aliphatic carbocycles. The first-order valence-corrected chi connectivity index (χ1v) is 18.3. The Morgan fingerprint density at radius 2 is 1.75 bits per heavy atom. The van der Waals surface area contributed by atoms with E-state index in [0.29, 0.717) is 54.4 Å². The molecule has 4 aromatic rings. The van der Waals surface area contributed by atoms with E-state index in [1.165, 1.54) is 17.7 Å². The second-order valence-corrected chi connectivity index (χ2v) is 15.1. The molecule has 3 saturated heterocycles. The van der Waals surface area contributed by atoms with E-state index in [1.54, 1.807) is 12.1 Å². The van der Waals surface area contributed by atoms with E-state index < -0.39 is 11.9 Å². The minimum atomic E-state index is -4.76. The van der Waals surface area contributed by atoms with E-state index in [1.807, 2.05) is 24.4 Å². The van der Waals surface area contributed by atoms with Gasteiger partial charge in [0, 0.05) is 90.1 Å². The number of hydrogen-bond acceptors (Lipinski definition) is 6. The summed E-state index contributed by atoms with van der Waals surface area (Å²) >= 11 is 13.0. The number of nitrogens with zero attached hydrogens (tertiary/aromatic N) is 3. The summed E-state index contributed by atoms with van der Waals surface area (Å²) in [5, 5.41) is 8.69. The molecule has 0 saturated carbocycles. The number of nitrogens with two attached hydrogens (primary N) is 1. The normalized spacial score (nSPS) is 20.9. The number of benzene rings is 3. The Morgan fingerprint density at radius 3 is 2.47 bits per heavy atom. The Morgan fingerprint density at radius 1 is 1.00 bits per heavy atom. The molecule has 0 radical (unpaired) electrons. The molecule has 3 fully saturated rings. The molecule has 272 valence electrons. The Balaban J connectivity index is 1.07. The standard InChI is InChI=1S/C38H43Cl2F3N6O2/c39-33-3-1-4-34(40)32(33)24-49-21-26-17-28(49)22-47(20-26)19-25-5-10-35-30(18-25)31(27-6-8-29(9-7-27)51-38(41,42)43)23-48(35)16-2-13-46-36(50)37(44)11-14-45-15-12-37/h1,3-10,18,23,26,28,45H,2,11-17,19-22,24,44H2,(H,46,50). The number of fused-ring (bicyclic) bond motifs is 3. The number of carbonyl (C=O) groups is 1. The van der Waals surface area contributed by atoms with Gasteiger partial charge in [0.25, 0.3) is 0 Å². The van der Waals surface area contributed by atoms with E-state index in [4.69, 9.17) is 28.9 Å². The van der Waals surface area contributed by atoms with Gasteiger partial charge in [0.15, 0.2) is 0 Å². The number of aromatic nitrogens is 1. The van der Waals surface area contributed by atoms with Crippen LogP contribution >= 0.6 is 23.2 Å². The van der Waals surface area contributed by atoms with Crippen molar-refractivity contribution in [2.75, 3.05) is 39.3 Å². The van der Waals surface area contributed by atoms with E-state index in [9.17, 15) is 18.0 Å². The molecule has 2 bridgehead atoms. The van der Waals surface area contributed by atoms with Crippen molar-refractivity contribution in [1.82, 2.24) is 25.0 Å². The highest BCUT2D eigenvalue weighted by Gasteiger charge is 2.39. The number of aryl methyl sites for hydroxylation is 1. The summed E-state index contributed by atoms with van der Waals surface area (Å²) in [6, 6.07) is 18.6. The summed E-state index contributed by atoms with van der Waals surface area (Å²) in [5.41, 5.74) is 10.4. The molecule has 7 rings (SSSR count). The second kappa shape index (κ2) is 15.0. The maximum absolute atomic E-state index is 12.9. The van der Waals surface area contributed by atoms with Crippen molar-refractivity contribution in [3.8, 4) is 16.9 Å². The van der Waals surface area contributed by atoms with Crippen LogP contribution in [0.25, 0.3) is 22.0 Å². The smallest absolute Gasteiger partial charge is 0.406 e. The number of likely N-dealkylation sites (tertiary alicyclic amines) is 2. The molecule has 0 spiro atoms. The molecule has 4 N–H and O–H groups in total. The molecule has 1 amide bonds. The number of ether oxygens (including phenoxy) is 1. The van der Waals surface area contributed by atoms with Gasteiger partial charge in [-0.05, 0) is 92.2 Å². The minimum absolute atomic E-state index is 0.116. The molecular weight excluding hydrogens is 700 g/mol. The summed E-state index contributed by atoms with van der Waals surface area (Å²) in [5.74, 6) is 0.186.